The first-order valence-electron chi connectivity index (χ1n) is 10.1. The molecule has 0 aromatic carbocycles. The van der Waals surface area contributed by atoms with Crippen molar-refractivity contribution < 1.29 is 19.4 Å². The van der Waals surface area contributed by atoms with Crippen LogP contribution in [0.1, 0.15) is 43.1 Å². The highest BCUT2D eigenvalue weighted by Crippen LogP contribution is 2.24. The van der Waals surface area contributed by atoms with Crippen molar-refractivity contribution in [3.8, 4) is 0 Å². The Bertz CT molecular complexity index is 1060. The van der Waals surface area contributed by atoms with Crippen LogP contribution in [0, 0.1) is 6.92 Å². The van der Waals surface area contributed by atoms with Gasteiger partial charge in [0.2, 0.25) is 0 Å². The van der Waals surface area contributed by atoms with Crippen molar-refractivity contribution in [1.82, 2.24) is 19.8 Å². The lowest BCUT2D eigenvalue weighted by atomic mass is 10.1. The number of amides is 2. The highest BCUT2D eigenvalue weighted by Gasteiger charge is 2.35. The number of pyridine rings is 2. The molecular formula is C21H27ClN4O5. The fourth-order valence-electron chi connectivity index (χ4n) is 3.52. The maximum absolute atomic E-state index is 13.3. The molecule has 2 N–H and O–H groups in total. The normalized spacial score (nSPS) is 17.2. The quantitative estimate of drug-likeness (QED) is 0.693. The number of hydrogen-bond donors (Lipinski definition) is 2. The molecule has 10 heteroatoms. The van der Waals surface area contributed by atoms with Crippen molar-refractivity contribution in [2.75, 3.05) is 26.2 Å². The number of aromatic amines is 1. The zero-order valence-corrected chi connectivity index (χ0v) is 18.8. The van der Waals surface area contributed by atoms with E-state index in [2.05, 4.69) is 9.97 Å². The standard InChI is InChI=1S/C21H27ClN4O5/c1-12-9-15-16(24-18(12)28)10-14(17(22)23-15)19(29)26-7-6-25(11-13(26)5-8-27)20(30)31-21(2,3)4/h9-10,13,27H,5-8,11H2,1-4H3,(H,24,28)/t13-/m1/s1. The minimum absolute atomic E-state index is 0.0290. The number of rotatable bonds is 3. The van der Waals surface area contributed by atoms with Gasteiger partial charge in [0.05, 0.1) is 22.6 Å². The number of aliphatic hydroxyl groups is 1. The van der Waals surface area contributed by atoms with Gasteiger partial charge in [0.1, 0.15) is 10.8 Å². The molecule has 0 aliphatic carbocycles. The van der Waals surface area contributed by atoms with Crippen LogP contribution in [0.4, 0.5) is 4.79 Å². The maximum atomic E-state index is 13.3. The van der Waals surface area contributed by atoms with E-state index in [0.717, 1.165) is 0 Å². The highest BCUT2D eigenvalue weighted by molar-refractivity contribution is 6.33. The van der Waals surface area contributed by atoms with Gasteiger partial charge in [-0.25, -0.2) is 9.78 Å². The Labute approximate surface area is 185 Å². The van der Waals surface area contributed by atoms with Crippen LogP contribution in [0.3, 0.4) is 0 Å². The summed E-state index contributed by atoms with van der Waals surface area (Å²) in [5.74, 6) is -0.372. The van der Waals surface area contributed by atoms with Crippen LogP contribution in [0.15, 0.2) is 16.9 Å². The Morgan fingerprint density at radius 1 is 1.32 bits per heavy atom. The second kappa shape index (κ2) is 8.84. The number of aryl methyl sites for hydroxylation is 1. The molecule has 1 atom stereocenters. The molecule has 1 saturated heterocycles. The molecule has 2 aromatic heterocycles. The van der Waals surface area contributed by atoms with Gasteiger partial charge in [0, 0.05) is 31.8 Å². The van der Waals surface area contributed by atoms with E-state index in [-0.39, 0.29) is 48.4 Å². The smallest absolute Gasteiger partial charge is 0.410 e. The molecule has 0 radical (unpaired) electrons. The van der Waals surface area contributed by atoms with E-state index in [0.29, 0.717) is 23.0 Å². The fraction of sp³-hybridized carbons (Fsp3) is 0.524. The number of aliphatic hydroxyl groups excluding tert-OH is 1. The molecule has 1 aliphatic heterocycles. The van der Waals surface area contributed by atoms with E-state index >= 15 is 0 Å². The number of H-pyrrole nitrogens is 1. The number of piperazine rings is 1. The van der Waals surface area contributed by atoms with Crippen molar-refractivity contribution in [3.05, 3.63) is 38.8 Å². The van der Waals surface area contributed by atoms with Gasteiger partial charge < -0.3 is 24.6 Å². The van der Waals surface area contributed by atoms with E-state index < -0.39 is 17.7 Å². The largest absolute Gasteiger partial charge is 0.444 e. The minimum Gasteiger partial charge on any atom is -0.444 e. The molecule has 0 saturated carbocycles. The second-order valence-electron chi connectivity index (χ2n) is 8.63. The number of nitrogens with one attached hydrogen (secondary N) is 1. The highest BCUT2D eigenvalue weighted by atomic mass is 35.5. The van der Waals surface area contributed by atoms with Gasteiger partial charge in [-0.2, -0.15) is 0 Å². The third-order valence-electron chi connectivity index (χ3n) is 5.05. The summed E-state index contributed by atoms with van der Waals surface area (Å²) in [5.41, 5.74) is 0.656. The van der Waals surface area contributed by atoms with Crippen LogP contribution in [0.5, 0.6) is 0 Å². The molecular weight excluding hydrogens is 424 g/mol. The van der Waals surface area contributed by atoms with Crippen LogP contribution >= 0.6 is 11.6 Å². The predicted molar refractivity (Wildman–Crippen MR) is 116 cm³/mol. The summed E-state index contributed by atoms with van der Waals surface area (Å²) in [4.78, 5) is 47.8. The van der Waals surface area contributed by atoms with Crippen LogP contribution in [-0.2, 0) is 4.74 Å². The minimum atomic E-state index is -0.629. The molecule has 3 heterocycles. The van der Waals surface area contributed by atoms with Crippen molar-refractivity contribution in [3.63, 3.8) is 0 Å². The van der Waals surface area contributed by atoms with E-state index in [1.807, 2.05) is 0 Å². The number of aromatic nitrogens is 2. The van der Waals surface area contributed by atoms with Gasteiger partial charge >= 0.3 is 6.09 Å². The van der Waals surface area contributed by atoms with Crippen LogP contribution in [0.2, 0.25) is 5.15 Å². The average Bonchev–Trinajstić information content (AvgIpc) is 2.67. The molecule has 0 spiro atoms. The number of fused-ring (bicyclic) bond motifs is 1. The number of carbonyl (C=O) groups excluding carboxylic acids is 2. The number of ether oxygens (including phenoxy) is 1. The third-order valence-corrected chi connectivity index (χ3v) is 5.34. The van der Waals surface area contributed by atoms with E-state index in [4.69, 9.17) is 16.3 Å². The lowest BCUT2D eigenvalue weighted by Crippen LogP contribution is -2.57. The van der Waals surface area contributed by atoms with Crippen LogP contribution in [0.25, 0.3) is 11.0 Å². The molecule has 0 bridgehead atoms. The van der Waals surface area contributed by atoms with Crippen molar-refractivity contribution in [2.45, 2.75) is 45.8 Å². The SMILES string of the molecule is Cc1cc2nc(Cl)c(C(=O)N3CCN(C(=O)OC(C)(C)C)C[C@H]3CCO)cc2[nH]c1=O. The lowest BCUT2D eigenvalue weighted by Gasteiger charge is -2.41. The molecule has 168 valence electrons. The molecule has 2 aromatic rings. The molecule has 0 unspecified atom stereocenters. The Morgan fingerprint density at radius 2 is 2.03 bits per heavy atom. The molecule has 1 fully saturated rings. The fourth-order valence-corrected chi connectivity index (χ4v) is 3.75. The summed E-state index contributed by atoms with van der Waals surface area (Å²) >= 11 is 6.30. The summed E-state index contributed by atoms with van der Waals surface area (Å²) in [6.07, 6.45) is -0.166. The summed E-state index contributed by atoms with van der Waals surface area (Å²) < 4.78 is 5.43. The Morgan fingerprint density at radius 3 is 2.68 bits per heavy atom. The molecule has 3 rings (SSSR count). The number of carbonyl (C=O) groups is 2. The number of halogens is 1. The predicted octanol–water partition coefficient (Wildman–Crippen LogP) is 2.33. The summed E-state index contributed by atoms with van der Waals surface area (Å²) in [6.45, 7) is 7.65. The lowest BCUT2D eigenvalue weighted by molar-refractivity contribution is 0.00177. The molecule has 2 amide bonds. The first-order valence-corrected chi connectivity index (χ1v) is 10.5. The van der Waals surface area contributed by atoms with E-state index in [9.17, 15) is 19.5 Å². The Hall–Kier alpha value is -2.65. The Kier molecular flexibility index (Phi) is 6.56. The molecule has 9 nitrogen and oxygen atoms in total. The first kappa shape index (κ1) is 23.0. The van der Waals surface area contributed by atoms with Crippen molar-refractivity contribution in [2.24, 2.45) is 0 Å². The van der Waals surface area contributed by atoms with Gasteiger partial charge in [0.25, 0.3) is 11.5 Å². The monoisotopic (exact) mass is 450 g/mol. The van der Waals surface area contributed by atoms with Gasteiger partial charge in [-0.15, -0.1) is 0 Å². The van der Waals surface area contributed by atoms with Gasteiger partial charge in [-0.05, 0) is 46.2 Å². The Balaban J connectivity index is 1.86. The van der Waals surface area contributed by atoms with Gasteiger partial charge in [-0.3, -0.25) is 9.59 Å². The van der Waals surface area contributed by atoms with Crippen LogP contribution in [-0.4, -0.2) is 74.8 Å². The van der Waals surface area contributed by atoms with Crippen LogP contribution < -0.4 is 5.56 Å². The topological polar surface area (TPSA) is 116 Å². The van der Waals surface area contributed by atoms with Crippen molar-refractivity contribution in [1.29, 1.82) is 0 Å². The van der Waals surface area contributed by atoms with Gasteiger partial charge in [-0.1, -0.05) is 11.6 Å². The second-order valence-corrected chi connectivity index (χ2v) is 8.99. The summed E-state index contributed by atoms with van der Waals surface area (Å²) in [7, 11) is 0. The van der Waals surface area contributed by atoms with E-state index in [1.165, 1.54) is 11.0 Å². The third kappa shape index (κ3) is 5.16. The number of hydrogen-bond acceptors (Lipinski definition) is 6. The zero-order valence-electron chi connectivity index (χ0n) is 18.1. The first-order chi connectivity index (χ1) is 14.5. The summed E-state index contributed by atoms with van der Waals surface area (Å²) in [6, 6.07) is 2.72. The average molecular weight is 451 g/mol. The zero-order chi connectivity index (χ0) is 22.9. The summed E-state index contributed by atoms with van der Waals surface area (Å²) in [5, 5.41) is 9.53. The maximum Gasteiger partial charge on any atom is 0.410 e. The van der Waals surface area contributed by atoms with Crippen molar-refractivity contribution >= 4 is 34.6 Å². The molecule has 1 aliphatic rings. The van der Waals surface area contributed by atoms with E-state index in [1.54, 1.807) is 38.7 Å². The van der Waals surface area contributed by atoms with Gasteiger partial charge in [0.15, 0.2) is 0 Å². The number of nitrogens with zero attached hydrogens (tertiary/aromatic N) is 3. The molecule has 31 heavy (non-hydrogen) atoms.